The molecule has 1 heterocycles. The Bertz CT molecular complexity index is 1390. The number of aryl methyl sites for hydroxylation is 2. The van der Waals surface area contributed by atoms with E-state index in [4.69, 9.17) is 5.73 Å². The first kappa shape index (κ1) is 26.9. The third-order valence-electron chi connectivity index (χ3n) is 8.77. The molecule has 4 unspecified atom stereocenters. The maximum atomic E-state index is 13.3. The zero-order valence-electron chi connectivity index (χ0n) is 23.3. The van der Waals surface area contributed by atoms with Crippen molar-refractivity contribution in [3.63, 3.8) is 0 Å². The van der Waals surface area contributed by atoms with Gasteiger partial charge in [0.15, 0.2) is 0 Å². The Balaban J connectivity index is 1.35. The average Bonchev–Trinajstić information content (AvgIpc) is 3.21. The number of hydrogen-bond acceptors (Lipinski definition) is 4. The molecule has 0 fully saturated rings. The molecule has 0 aromatic heterocycles. The summed E-state index contributed by atoms with van der Waals surface area (Å²) in [5, 5.41) is 13.1. The molecule has 3 aromatic carbocycles. The molecule has 6 heteroatoms. The number of carbonyl (C=O) groups excluding carboxylic acids is 2. The van der Waals surface area contributed by atoms with E-state index in [9.17, 15) is 14.7 Å². The fourth-order valence-corrected chi connectivity index (χ4v) is 6.58. The van der Waals surface area contributed by atoms with E-state index in [0.717, 1.165) is 40.8 Å². The Kier molecular flexibility index (Phi) is 7.50. The highest BCUT2D eigenvalue weighted by Crippen LogP contribution is 2.41. The highest BCUT2D eigenvalue weighted by Gasteiger charge is 2.32. The summed E-state index contributed by atoms with van der Waals surface area (Å²) < 4.78 is 0. The number of nitrogens with one attached hydrogen (secondary N) is 1. The SMILES string of the molecule is CC(=O)N1CCC(NC(=O)C(N)Cc2c(C)cc(O)cc2C)c2cc(CC3Cc4ccccc4C3C)ccc21. The van der Waals surface area contributed by atoms with Crippen LogP contribution in [0, 0.1) is 19.8 Å². The largest absolute Gasteiger partial charge is 0.508 e. The van der Waals surface area contributed by atoms with Crippen LogP contribution >= 0.6 is 0 Å². The number of nitrogens with zero attached hydrogens (tertiary/aromatic N) is 1. The number of aromatic hydroxyl groups is 1. The molecule has 0 radical (unpaired) electrons. The van der Waals surface area contributed by atoms with E-state index in [2.05, 4.69) is 48.6 Å². The minimum absolute atomic E-state index is 0.00335. The van der Waals surface area contributed by atoms with E-state index in [0.29, 0.717) is 31.2 Å². The molecule has 1 aliphatic heterocycles. The second-order valence-corrected chi connectivity index (χ2v) is 11.4. The molecule has 4 N–H and O–H groups in total. The predicted octanol–water partition coefficient (Wildman–Crippen LogP) is 5.01. The monoisotopic (exact) mass is 525 g/mol. The van der Waals surface area contributed by atoms with Crippen LogP contribution in [-0.4, -0.2) is 29.5 Å². The molecule has 4 atom stereocenters. The topological polar surface area (TPSA) is 95.7 Å². The van der Waals surface area contributed by atoms with Crippen molar-refractivity contribution in [2.75, 3.05) is 11.4 Å². The average molecular weight is 526 g/mol. The van der Waals surface area contributed by atoms with Crippen molar-refractivity contribution in [3.05, 3.63) is 93.5 Å². The zero-order valence-corrected chi connectivity index (χ0v) is 23.3. The smallest absolute Gasteiger partial charge is 0.237 e. The molecule has 204 valence electrons. The standard InChI is InChI=1S/C33H39N3O3/c1-19-13-26(38)14-20(2)28(19)18-30(34)33(39)35-31-11-12-36(22(4)37)32-10-9-23(16-29(31)32)15-25-17-24-7-5-6-8-27(24)21(25)3/h5-10,13-14,16,21,25,30-31,38H,11-12,15,17-18,34H2,1-4H3,(H,35,39). The molecule has 2 aliphatic rings. The lowest BCUT2D eigenvalue weighted by atomic mass is 9.86. The van der Waals surface area contributed by atoms with Gasteiger partial charge in [0.05, 0.1) is 12.1 Å². The first-order valence-electron chi connectivity index (χ1n) is 14.0. The van der Waals surface area contributed by atoms with Gasteiger partial charge < -0.3 is 21.1 Å². The van der Waals surface area contributed by atoms with Gasteiger partial charge in [0.25, 0.3) is 0 Å². The van der Waals surface area contributed by atoms with Crippen molar-refractivity contribution in [1.29, 1.82) is 0 Å². The van der Waals surface area contributed by atoms with Gasteiger partial charge in [-0.1, -0.05) is 43.3 Å². The highest BCUT2D eigenvalue weighted by atomic mass is 16.3. The minimum atomic E-state index is -0.720. The van der Waals surface area contributed by atoms with E-state index in [1.807, 2.05) is 19.9 Å². The van der Waals surface area contributed by atoms with Gasteiger partial charge in [0, 0.05) is 19.2 Å². The van der Waals surface area contributed by atoms with Crippen LogP contribution in [0.5, 0.6) is 5.75 Å². The molecule has 1 aliphatic carbocycles. The molecular formula is C33H39N3O3. The molecule has 0 bridgehead atoms. The summed E-state index contributed by atoms with van der Waals surface area (Å²) in [7, 11) is 0. The lowest BCUT2D eigenvalue weighted by Gasteiger charge is -2.35. The van der Waals surface area contributed by atoms with Crippen LogP contribution in [0.3, 0.4) is 0 Å². The quantitative estimate of drug-likeness (QED) is 0.422. The number of fused-ring (bicyclic) bond motifs is 2. The maximum Gasteiger partial charge on any atom is 0.237 e. The number of carbonyl (C=O) groups is 2. The molecule has 0 saturated heterocycles. The number of hydrogen-bond donors (Lipinski definition) is 3. The Morgan fingerprint density at radius 2 is 1.79 bits per heavy atom. The zero-order chi connectivity index (χ0) is 27.8. The van der Waals surface area contributed by atoms with Gasteiger partial charge in [-0.25, -0.2) is 0 Å². The number of phenolic OH excluding ortho intramolecular Hbond substituents is 1. The molecule has 2 amide bonds. The predicted molar refractivity (Wildman–Crippen MR) is 155 cm³/mol. The van der Waals surface area contributed by atoms with Crippen molar-refractivity contribution in [1.82, 2.24) is 5.32 Å². The maximum absolute atomic E-state index is 13.3. The van der Waals surface area contributed by atoms with E-state index >= 15 is 0 Å². The Morgan fingerprint density at radius 1 is 1.08 bits per heavy atom. The summed E-state index contributed by atoms with van der Waals surface area (Å²) in [6, 6.07) is 17.5. The van der Waals surface area contributed by atoms with Crippen molar-refractivity contribution < 1.29 is 14.7 Å². The normalized spacial score (nSPS) is 20.7. The second-order valence-electron chi connectivity index (χ2n) is 11.4. The van der Waals surface area contributed by atoms with Crippen LogP contribution in [0.1, 0.15) is 71.2 Å². The number of benzene rings is 3. The van der Waals surface area contributed by atoms with Gasteiger partial charge in [-0.3, -0.25) is 9.59 Å². The molecule has 3 aromatic rings. The third-order valence-corrected chi connectivity index (χ3v) is 8.77. The van der Waals surface area contributed by atoms with Gasteiger partial charge in [0.2, 0.25) is 11.8 Å². The summed E-state index contributed by atoms with van der Waals surface area (Å²) in [5.41, 5.74) is 15.2. The highest BCUT2D eigenvalue weighted by molar-refractivity contribution is 5.93. The Hall–Kier alpha value is -3.64. The number of amides is 2. The van der Waals surface area contributed by atoms with Crippen LogP contribution in [0.25, 0.3) is 0 Å². The summed E-state index contributed by atoms with van der Waals surface area (Å²) in [6.07, 6.45) is 3.04. The van der Waals surface area contributed by atoms with Gasteiger partial charge in [-0.15, -0.1) is 0 Å². The third kappa shape index (κ3) is 5.44. The molecule has 5 rings (SSSR count). The summed E-state index contributed by atoms with van der Waals surface area (Å²) >= 11 is 0. The van der Waals surface area contributed by atoms with Crippen LogP contribution in [-0.2, 0) is 28.9 Å². The van der Waals surface area contributed by atoms with E-state index in [1.165, 1.54) is 16.7 Å². The molecule has 6 nitrogen and oxygen atoms in total. The number of rotatable bonds is 6. The Labute approximate surface area is 231 Å². The summed E-state index contributed by atoms with van der Waals surface area (Å²) in [5.74, 6) is 1.02. The number of nitrogens with two attached hydrogens (primary N) is 1. The molecule has 0 spiro atoms. The van der Waals surface area contributed by atoms with Gasteiger partial charge in [-0.2, -0.15) is 0 Å². The van der Waals surface area contributed by atoms with Crippen molar-refractivity contribution in [2.24, 2.45) is 11.7 Å². The molecular weight excluding hydrogens is 486 g/mol. The van der Waals surface area contributed by atoms with Crippen LogP contribution in [0.15, 0.2) is 54.6 Å². The lowest BCUT2D eigenvalue weighted by Crippen LogP contribution is -2.46. The van der Waals surface area contributed by atoms with Crippen molar-refractivity contribution >= 4 is 17.5 Å². The van der Waals surface area contributed by atoms with Gasteiger partial charge in [-0.05, 0) is 109 Å². The first-order chi connectivity index (χ1) is 18.6. The summed E-state index contributed by atoms with van der Waals surface area (Å²) in [6.45, 7) is 8.30. The first-order valence-corrected chi connectivity index (χ1v) is 14.0. The summed E-state index contributed by atoms with van der Waals surface area (Å²) in [4.78, 5) is 27.5. The second kappa shape index (κ2) is 10.9. The molecule has 39 heavy (non-hydrogen) atoms. The van der Waals surface area contributed by atoms with Crippen molar-refractivity contribution in [2.45, 2.75) is 71.4 Å². The fourth-order valence-electron chi connectivity index (χ4n) is 6.58. The van der Waals surface area contributed by atoms with Crippen LogP contribution in [0.2, 0.25) is 0 Å². The van der Waals surface area contributed by atoms with E-state index in [1.54, 1.807) is 24.0 Å². The number of anilines is 1. The molecule has 0 saturated carbocycles. The van der Waals surface area contributed by atoms with Crippen molar-refractivity contribution in [3.8, 4) is 5.75 Å². The van der Waals surface area contributed by atoms with Crippen LogP contribution in [0.4, 0.5) is 5.69 Å². The minimum Gasteiger partial charge on any atom is -0.508 e. The van der Waals surface area contributed by atoms with Gasteiger partial charge in [0.1, 0.15) is 5.75 Å². The van der Waals surface area contributed by atoms with Gasteiger partial charge >= 0.3 is 0 Å². The van der Waals surface area contributed by atoms with E-state index < -0.39 is 6.04 Å². The van der Waals surface area contributed by atoms with Crippen LogP contribution < -0.4 is 16.0 Å². The lowest BCUT2D eigenvalue weighted by molar-refractivity contribution is -0.123. The number of phenols is 1. The Morgan fingerprint density at radius 3 is 2.49 bits per heavy atom. The fraction of sp³-hybridized carbons (Fsp3) is 0.394. The van der Waals surface area contributed by atoms with E-state index in [-0.39, 0.29) is 23.6 Å².